The third kappa shape index (κ3) is 4.38. The molecule has 0 radical (unpaired) electrons. The Morgan fingerprint density at radius 2 is 2.22 bits per heavy atom. The number of hydrogen-bond acceptors (Lipinski definition) is 3. The highest BCUT2D eigenvalue weighted by Crippen LogP contribution is 2.15. The average Bonchev–Trinajstić information content (AvgIpc) is 2.38. The standard InChI is InChI=1S/C13H19BrN2O2/c1-2-3-4-8-16(9-10-17)13(18)11-6-5-7-15-12(11)14/h5-7,17H,2-4,8-10H2,1H3. The van der Waals surface area contributed by atoms with Crippen molar-refractivity contribution in [1.29, 1.82) is 0 Å². The van der Waals surface area contributed by atoms with Crippen molar-refractivity contribution in [3.05, 3.63) is 28.5 Å². The molecule has 0 saturated carbocycles. The minimum absolute atomic E-state index is 0.0181. The van der Waals surface area contributed by atoms with Crippen LogP contribution in [0.15, 0.2) is 22.9 Å². The number of carbonyl (C=O) groups is 1. The van der Waals surface area contributed by atoms with E-state index in [2.05, 4.69) is 27.8 Å². The van der Waals surface area contributed by atoms with E-state index in [4.69, 9.17) is 5.11 Å². The fourth-order valence-corrected chi connectivity index (χ4v) is 2.12. The number of hydrogen-bond donors (Lipinski definition) is 1. The summed E-state index contributed by atoms with van der Waals surface area (Å²) >= 11 is 3.28. The molecule has 1 N–H and O–H groups in total. The van der Waals surface area contributed by atoms with Crippen LogP contribution in [-0.4, -0.2) is 40.6 Å². The summed E-state index contributed by atoms with van der Waals surface area (Å²) in [7, 11) is 0. The van der Waals surface area contributed by atoms with Gasteiger partial charge in [0, 0.05) is 19.3 Å². The number of carbonyl (C=O) groups excluding carboxylic acids is 1. The highest BCUT2D eigenvalue weighted by atomic mass is 79.9. The topological polar surface area (TPSA) is 53.4 Å². The van der Waals surface area contributed by atoms with Crippen LogP contribution in [0.1, 0.15) is 36.5 Å². The van der Waals surface area contributed by atoms with Crippen molar-refractivity contribution >= 4 is 21.8 Å². The van der Waals surface area contributed by atoms with Gasteiger partial charge < -0.3 is 10.0 Å². The molecule has 0 bridgehead atoms. The van der Waals surface area contributed by atoms with Crippen molar-refractivity contribution in [1.82, 2.24) is 9.88 Å². The third-order valence-electron chi connectivity index (χ3n) is 2.68. The quantitative estimate of drug-likeness (QED) is 0.621. The Morgan fingerprint density at radius 1 is 1.44 bits per heavy atom. The normalized spacial score (nSPS) is 10.4. The first-order valence-corrected chi connectivity index (χ1v) is 7.00. The van der Waals surface area contributed by atoms with E-state index in [1.165, 1.54) is 0 Å². The molecule has 1 aromatic rings. The van der Waals surface area contributed by atoms with Gasteiger partial charge in [0.25, 0.3) is 5.91 Å². The molecule has 0 unspecified atom stereocenters. The van der Waals surface area contributed by atoms with Crippen LogP contribution in [-0.2, 0) is 0 Å². The van der Waals surface area contributed by atoms with Crippen LogP contribution in [0, 0.1) is 0 Å². The number of rotatable bonds is 7. The molecule has 100 valence electrons. The third-order valence-corrected chi connectivity index (χ3v) is 3.31. The van der Waals surface area contributed by atoms with Gasteiger partial charge in [-0.05, 0) is 34.5 Å². The highest BCUT2D eigenvalue weighted by molar-refractivity contribution is 9.10. The van der Waals surface area contributed by atoms with Gasteiger partial charge in [-0.1, -0.05) is 19.8 Å². The fourth-order valence-electron chi connectivity index (χ4n) is 1.70. The van der Waals surface area contributed by atoms with Crippen molar-refractivity contribution in [3.63, 3.8) is 0 Å². The predicted octanol–water partition coefficient (Wildman–Crippen LogP) is 2.47. The van der Waals surface area contributed by atoms with Gasteiger partial charge in [0.2, 0.25) is 0 Å². The highest BCUT2D eigenvalue weighted by Gasteiger charge is 2.17. The maximum atomic E-state index is 12.3. The zero-order chi connectivity index (χ0) is 13.4. The summed E-state index contributed by atoms with van der Waals surface area (Å²) in [5.41, 5.74) is 0.544. The lowest BCUT2D eigenvalue weighted by atomic mass is 10.2. The van der Waals surface area contributed by atoms with Crippen LogP contribution in [0.4, 0.5) is 0 Å². The minimum Gasteiger partial charge on any atom is -0.395 e. The van der Waals surface area contributed by atoms with Gasteiger partial charge in [0.1, 0.15) is 4.60 Å². The molecule has 0 aliphatic rings. The second-order valence-electron chi connectivity index (χ2n) is 4.06. The van der Waals surface area contributed by atoms with Crippen molar-refractivity contribution in [2.24, 2.45) is 0 Å². The average molecular weight is 315 g/mol. The monoisotopic (exact) mass is 314 g/mol. The fraction of sp³-hybridized carbons (Fsp3) is 0.538. The minimum atomic E-state index is -0.0832. The summed E-state index contributed by atoms with van der Waals surface area (Å²) in [5.74, 6) is -0.0832. The second-order valence-corrected chi connectivity index (χ2v) is 4.82. The van der Waals surface area contributed by atoms with Gasteiger partial charge in [0.05, 0.1) is 12.2 Å². The molecule has 0 spiro atoms. The van der Waals surface area contributed by atoms with Crippen molar-refractivity contribution in [2.75, 3.05) is 19.7 Å². The molecule has 0 aliphatic heterocycles. The molecule has 1 amide bonds. The van der Waals surface area contributed by atoms with E-state index in [-0.39, 0.29) is 12.5 Å². The number of aliphatic hydroxyl groups excluding tert-OH is 1. The zero-order valence-corrected chi connectivity index (χ0v) is 12.2. The van der Waals surface area contributed by atoms with Gasteiger partial charge in [-0.2, -0.15) is 0 Å². The van der Waals surface area contributed by atoms with E-state index in [0.29, 0.717) is 23.3 Å². The smallest absolute Gasteiger partial charge is 0.256 e. The maximum Gasteiger partial charge on any atom is 0.256 e. The molecule has 1 aromatic heterocycles. The number of amides is 1. The van der Waals surface area contributed by atoms with E-state index >= 15 is 0 Å². The molecule has 5 heteroatoms. The van der Waals surface area contributed by atoms with E-state index in [1.54, 1.807) is 23.2 Å². The first-order chi connectivity index (χ1) is 8.70. The summed E-state index contributed by atoms with van der Waals surface area (Å²) in [6, 6.07) is 3.48. The second kappa shape index (κ2) is 8.21. The molecule has 18 heavy (non-hydrogen) atoms. The lowest BCUT2D eigenvalue weighted by Gasteiger charge is -2.22. The summed E-state index contributed by atoms with van der Waals surface area (Å²) in [4.78, 5) is 18.0. The number of nitrogens with zero attached hydrogens (tertiary/aromatic N) is 2. The van der Waals surface area contributed by atoms with Gasteiger partial charge in [-0.3, -0.25) is 4.79 Å². The summed E-state index contributed by atoms with van der Waals surface area (Å²) in [5, 5.41) is 9.04. The van der Waals surface area contributed by atoms with Gasteiger partial charge >= 0.3 is 0 Å². The molecule has 1 rings (SSSR count). The molecule has 1 heterocycles. The van der Waals surface area contributed by atoms with E-state index in [0.717, 1.165) is 19.3 Å². The molecule has 0 saturated heterocycles. The molecule has 0 atom stereocenters. The molecule has 0 fully saturated rings. The number of pyridine rings is 1. The Hall–Kier alpha value is -0.940. The number of unbranched alkanes of at least 4 members (excludes halogenated alkanes) is 2. The predicted molar refractivity (Wildman–Crippen MR) is 74.5 cm³/mol. The SMILES string of the molecule is CCCCCN(CCO)C(=O)c1cccnc1Br. The van der Waals surface area contributed by atoms with E-state index in [1.807, 2.05) is 0 Å². The number of aromatic nitrogens is 1. The van der Waals surface area contributed by atoms with Crippen molar-refractivity contribution in [2.45, 2.75) is 26.2 Å². The summed E-state index contributed by atoms with van der Waals surface area (Å²) in [6.45, 7) is 3.14. The van der Waals surface area contributed by atoms with Crippen LogP contribution in [0.5, 0.6) is 0 Å². The first kappa shape index (κ1) is 15.1. The first-order valence-electron chi connectivity index (χ1n) is 6.21. The van der Waals surface area contributed by atoms with Crippen LogP contribution >= 0.6 is 15.9 Å². The Kier molecular flexibility index (Phi) is 6.90. The Bertz CT molecular complexity index is 385. The number of halogens is 1. The maximum absolute atomic E-state index is 12.3. The largest absolute Gasteiger partial charge is 0.395 e. The Balaban J connectivity index is 2.73. The van der Waals surface area contributed by atoms with Gasteiger partial charge in [0.15, 0.2) is 0 Å². The van der Waals surface area contributed by atoms with Crippen LogP contribution in [0.2, 0.25) is 0 Å². The molecule has 0 aromatic carbocycles. The Labute approximate surface area is 116 Å². The molecular formula is C13H19BrN2O2. The van der Waals surface area contributed by atoms with Crippen LogP contribution in [0.3, 0.4) is 0 Å². The van der Waals surface area contributed by atoms with E-state index in [9.17, 15) is 4.79 Å². The molecule has 0 aliphatic carbocycles. The van der Waals surface area contributed by atoms with Crippen LogP contribution < -0.4 is 0 Å². The van der Waals surface area contributed by atoms with Crippen LogP contribution in [0.25, 0.3) is 0 Å². The summed E-state index contributed by atoms with van der Waals surface area (Å²) < 4.78 is 0.549. The van der Waals surface area contributed by atoms with Gasteiger partial charge in [-0.25, -0.2) is 4.98 Å². The lowest BCUT2D eigenvalue weighted by Crippen LogP contribution is -2.34. The van der Waals surface area contributed by atoms with Crippen molar-refractivity contribution in [3.8, 4) is 0 Å². The Morgan fingerprint density at radius 3 is 2.83 bits per heavy atom. The molecular weight excluding hydrogens is 296 g/mol. The number of aliphatic hydroxyl groups is 1. The van der Waals surface area contributed by atoms with Crippen molar-refractivity contribution < 1.29 is 9.90 Å². The summed E-state index contributed by atoms with van der Waals surface area (Å²) in [6.07, 6.45) is 4.79. The van der Waals surface area contributed by atoms with Gasteiger partial charge in [-0.15, -0.1) is 0 Å². The molecule has 4 nitrogen and oxygen atoms in total. The van der Waals surface area contributed by atoms with E-state index < -0.39 is 0 Å². The zero-order valence-electron chi connectivity index (χ0n) is 10.6. The lowest BCUT2D eigenvalue weighted by molar-refractivity contribution is 0.0717.